The molecule has 1 fully saturated rings. The number of aliphatic carboxylic acids is 1. The molecule has 1 aliphatic carbocycles. The smallest absolute Gasteiger partial charge is 0.337 e. The monoisotopic (exact) mass is 658 g/mol. The Bertz CT molecular complexity index is 2180. The summed E-state index contributed by atoms with van der Waals surface area (Å²) in [6.07, 6.45) is 5.52. The number of methoxy groups -OCH3 is 2. The van der Waals surface area contributed by atoms with E-state index in [1.165, 1.54) is 13.5 Å². The van der Waals surface area contributed by atoms with Gasteiger partial charge in [-0.15, -0.1) is 0 Å². The fourth-order valence-electron chi connectivity index (χ4n) is 7.20. The van der Waals surface area contributed by atoms with Crippen molar-refractivity contribution in [2.75, 3.05) is 14.2 Å². The van der Waals surface area contributed by atoms with E-state index in [1.54, 1.807) is 19.2 Å². The summed E-state index contributed by atoms with van der Waals surface area (Å²) in [5.74, 6) is -0.389. The number of esters is 1. The average Bonchev–Trinajstić information content (AvgIpc) is 3.43. The van der Waals surface area contributed by atoms with Gasteiger partial charge in [-0.25, -0.2) is 9.78 Å². The number of hydrogen-bond acceptors (Lipinski definition) is 5. The fraction of sp³-hybridized carbons (Fsp3) is 0.225. The number of fused-ring (bicyclic) bond motifs is 2. The van der Waals surface area contributed by atoms with Crippen molar-refractivity contribution in [1.29, 1.82) is 0 Å². The average molecular weight is 659 g/mol. The molecule has 0 saturated heterocycles. The molecule has 2 heterocycles. The molecule has 6 aromatic rings. The second-order valence-electron chi connectivity index (χ2n) is 12.3. The van der Waals surface area contributed by atoms with E-state index in [4.69, 9.17) is 26.1 Å². The lowest BCUT2D eigenvalue weighted by atomic mass is 9.81. The number of carbonyl (C=O) groups excluding carboxylic acids is 1. The third-order valence-corrected chi connectivity index (χ3v) is 9.70. The molecular formula is C40H35ClN2O5. The highest BCUT2D eigenvalue weighted by Gasteiger charge is 2.28. The molecule has 1 aliphatic rings. The number of carboxylic acids is 1. The molecule has 1 saturated carbocycles. The first kappa shape index (κ1) is 31.5. The van der Waals surface area contributed by atoms with Crippen molar-refractivity contribution in [2.24, 2.45) is 0 Å². The lowest BCUT2D eigenvalue weighted by molar-refractivity contribution is -0.137. The van der Waals surface area contributed by atoms with Crippen LogP contribution in [-0.4, -0.2) is 40.8 Å². The summed E-state index contributed by atoms with van der Waals surface area (Å²) in [5.41, 5.74) is 8.64. The van der Waals surface area contributed by atoms with E-state index in [9.17, 15) is 14.7 Å². The van der Waals surface area contributed by atoms with E-state index < -0.39 is 11.9 Å². The van der Waals surface area contributed by atoms with Crippen LogP contribution >= 0.6 is 11.6 Å². The van der Waals surface area contributed by atoms with Gasteiger partial charge in [0.1, 0.15) is 12.3 Å². The third-order valence-electron chi connectivity index (χ3n) is 9.45. The normalized spacial score (nSPS) is 13.6. The highest BCUT2D eigenvalue weighted by atomic mass is 35.5. The van der Waals surface area contributed by atoms with Crippen molar-refractivity contribution in [3.63, 3.8) is 0 Å². The van der Waals surface area contributed by atoms with Crippen molar-refractivity contribution in [1.82, 2.24) is 9.55 Å². The molecule has 0 amide bonds. The Labute approximate surface area is 283 Å². The Hall–Kier alpha value is -5.14. The molecule has 2 aromatic heterocycles. The quantitative estimate of drug-likeness (QED) is 0.164. The Kier molecular flexibility index (Phi) is 8.63. The van der Waals surface area contributed by atoms with Gasteiger partial charge >= 0.3 is 11.9 Å². The van der Waals surface area contributed by atoms with Crippen LogP contribution in [0.5, 0.6) is 5.75 Å². The molecule has 0 atom stereocenters. The molecule has 48 heavy (non-hydrogen) atoms. The molecule has 0 radical (unpaired) electrons. The highest BCUT2D eigenvalue weighted by molar-refractivity contribution is 6.30. The standard InChI is InChI=1S/C40H35ClN2O5/c1-47-30-15-17-31(24-8-13-29(41)14-9-24)33(22-30)35-19-11-26-20-27(12-18-34(26)42-35)39-38(25-6-4-3-5-7-25)32-16-10-28(40(46)48-2)21-36(32)43(39)23-37(44)45/h8-22,25H,3-7,23H2,1-2H3,(H,44,45). The van der Waals surface area contributed by atoms with Gasteiger partial charge in [0.2, 0.25) is 0 Å². The van der Waals surface area contributed by atoms with Crippen LogP contribution in [0.25, 0.3) is 55.4 Å². The SMILES string of the molecule is COC(=O)c1ccc2c(C3CCCCC3)c(-c3ccc4nc(-c5cc(OC)ccc5-c5ccc(Cl)cc5)ccc4c3)n(CC(=O)O)c2c1. The second kappa shape index (κ2) is 13.2. The van der Waals surface area contributed by atoms with Crippen molar-refractivity contribution in [3.05, 3.63) is 107 Å². The molecule has 8 heteroatoms. The lowest BCUT2D eigenvalue weighted by Gasteiger charge is -2.23. The molecule has 7 rings (SSSR count). The zero-order valence-electron chi connectivity index (χ0n) is 26.8. The third kappa shape index (κ3) is 5.90. The number of pyridine rings is 1. The summed E-state index contributed by atoms with van der Waals surface area (Å²) in [7, 11) is 3.00. The first-order valence-corrected chi connectivity index (χ1v) is 16.5. The van der Waals surface area contributed by atoms with Gasteiger partial charge in [-0.1, -0.05) is 67.3 Å². The zero-order chi connectivity index (χ0) is 33.4. The minimum Gasteiger partial charge on any atom is -0.497 e. The summed E-state index contributed by atoms with van der Waals surface area (Å²) < 4.78 is 12.4. The van der Waals surface area contributed by atoms with Crippen LogP contribution in [0.15, 0.2) is 91.0 Å². The summed E-state index contributed by atoms with van der Waals surface area (Å²) in [5, 5.41) is 12.7. The molecule has 4 aromatic carbocycles. The molecule has 0 spiro atoms. The molecule has 0 unspecified atom stereocenters. The van der Waals surface area contributed by atoms with Gasteiger partial charge in [0.05, 0.1) is 42.2 Å². The fourth-order valence-corrected chi connectivity index (χ4v) is 7.33. The van der Waals surface area contributed by atoms with E-state index in [2.05, 4.69) is 12.1 Å². The number of nitrogens with zero attached hydrogens (tertiary/aromatic N) is 2. The number of hydrogen-bond donors (Lipinski definition) is 1. The first-order valence-electron chi connectivity index (χ1n) is 16.2. The van der Waals surface area contributed by atoms with Crippen molar-refractivity contribution in [2.45, 2.75) is 44.6 Å². The summed E-state index contributed by atoms with van der Waals surface area (Å²) >= 11 is 6.18. The zero-order valence-corrected chi connectivity index (χ0v) is 27.6. The predicted octanol–water partition coefficient (Wildman–Crippen LogP) is 9.77. The van der Waals surface area contributed by atoms with Crippen LogP contribution in [-0.2, 0) is 16.1 Å². The summed E-state index contributed by atoms with van der Waals surface area (Å²) in [6.45, 7) is -0.234. The number of ether oxygens (including phenoxy) is 2. The topological polar surface area (TPSA) is 90.7 Å². The number of rotatable bonds is 8. The second-order valence-corrected chi connectivity index (χ2v) is 12.8. The van der Waals surface area contributed by atoms with Crippen molar-refractivity contribution < 1.29 is 24.2 Å². The Morgan fingerprint density at radius 3 is 2.35 bits per heavy atom. The Balaban J connectivity index is 1.39. The first-order chi connectivity index (χ1) is 23.3. The van der Waals surface area contributed by atoms with E-state index in [-0.39, 0.29) is 12.5 Å². The van der Waals surface area contributed by atoms with Gasteiger partial charge in [-0.3, -0.25) is 4.79 Å². The maximum Gasteiger partial charge on any atom is 0.337 e. The molecule has 0 bridgehead atoms. The van der Waals surface area contributed by atoms with E-state index in [0.717, 1.165) is 92.4 Å². The van der Waals surface area contributed by atoms with Gasteiger partial charge in [0.25, 0.3) is 0 Å². The summed E-state index contributed by atoms with van der Waals surface area (Å²) in [6, 6.07) is 29.4. The van der Waals surface area contributed by atoms with Crippen molar-refractivity contribution >= 4 is 45.3 Å². The molecular weight excluding hydrogens is 624 g/mol. The van der Waals surface area contributed by atoms with Crippen LogP contribution in [0.1, 0.15) is 53.9 Å². The van der Waals surface area contributed by atoms with Crippen LogP contribution in [0, 0.1) is 0 Å². The number of aromatic nitrogens is 2. The van der Waals surface area contributed by atoms with Gasteiger partial charge < -0.3 is 19.1 Å². The number of carboxylic acid groups (broad SMARTS) is 1. The number of carbonyl (C=O) groups is 2. The van der Waals surface area contributed by atoms with E-state index >= 15 is 0 Å². The Morgan fingerprint density at radius 1 is 0.854 bits per heavy atom. The highest BCUT2D eigenvalue weighted by Crippen LogP contribution is 2.45. The van der Waals surface area contributed by atoms with Crippen LogP contribution in [0.3, 0.4) is 0 Å². The predicted molar refractivity (Wildman–Crippen MR) is 190 cm³/mol. The minimum atomic E-state index is -0.950. The van der Waals surface area contributed by atoms with Gasteiger partial charge in [-0.2, -0.15) is 0 Å². The maximum atomic E-state index is 12.5. The van der Waals surface area contributed by atoms with Gasteiger partial charge in [-0.05, 0) is 95.6 Å². The number of halogens is 1. The van der Waals surface area contributed by atoms with E-state index in [0.29, 0.717) is 10.6 Å². The molecule has 0 aliphatic heterocycles. The van der Waals surface area contributed by atoms with Crippen LogP contribution in [0.4, 0.5) is 0 Å². The maximum absolute atomic E-state index is 12.5. The van der Waals surface area contributed by atoms with Gasteiger partial charge in [0, 0.05) is 21.4 Å². The largest absolute Gasteiger partial charge is 0.497 e. The Morgan fingerprint density at radius 2 is 1.62 bits per heavy atom. The molecule has 1 N–H and O–H groups in total. The van der Waals surface area contributed by atoms with Crippen molar-refractivity contribution in [3.8, 4) is 39.4 Å². The van der Waals surface area contributed by atoms with E-state index in [1.807, 2.05) is 71.3 Å². The number of benzene rings is 4. The van der Waals surface area contributed by atoms with Crippen LogP contribution < -0.4 is 4.74 Å². The molecule has 242 valence electrons. The summed E-state index contributed by atoms with van der Waals surface area (Å²) in [4.78, 5) is 29.9. The molecule has 7 nitrogen and oxygen atoms in total. The van der Waals surface area contributed by atoms with Crippen LogP contribution in [0.2, 0.25) is 5.02 Å². The lowest BCUT2D eigenvalue weighted by Crippen LogP contribution is -2.12. The minimum absolute atomic E-state index is 0.234. The van der Waals surface area contributed by atoms with Gasteiger partial charge in [0.15, 0.2) is 0 Å².